The predicted molar refractivity (Wildman–Crippen MR) is 133 cm³/mol. The lowest BCUT2D eigenvalue weighted by molar-refractivity contribution is -0.130. The van der Waals surface area contributed by atoms with Gasteiger partial charge in [0.05, 0.1) is 13.2 Å². The molecule has 1 saturated heterocycles. The van der Waals surface area contributed by atoms with E-state index in [9.17, 15) is 4.79 Å². The molecule has 5 rings (SSSR count). The molecule has 2 bridgehead atoms. The van der Waals surface area contributed by atoms with Crippen LogP contribution in [0.2, 0.25) is 5.02 Å². The molecule has 3 atom stereocenters. The predicted octanol–water partition coefficient (Wildman–Crippen LogP) is 5.15. The number of hydrogen-bond acceptors (Lipinski definition) is 4. The SMILES string of the molecule is COc1ccc(NC(=O)C2C3NC(=S)N(c4ccccc4)C2(C)Oc2ccc(Cl)cc23)cc1. The van der Waals surface area contributed by atoms with Crippen LogP contribution in [0.5, 0.6) is 11.5 Å². The summed E-state index contributed by atoms with van der Waals surface area (Å²) in [7, 11) is 1.60. The van der Waals surface area contributed by atoms with Crippen molar-refractivity contribution >= 4 is 46.2 Å². The van der Waals surface area contributed by atoms with Crippen molar-refractivity contribution in [2.75, 3.05) is 17.3 Å². The number of rotatable bonds is 4. The van der Waals surface area contributed by atoms with Crippen molar-refractivity contribution in [1.29, 1.82) is 0 Å². The number of benzene rings is 3. The molecule has 33 heavy (non-hydrogen) atoms. The summed E-state index contributed by atoms with van der Waals surface area (Å²) in [5, 5.41) is 7.45. The van der Waals surface area contributed by atoms with Gasteiger partial charge < -0.3 is 20.1 Å². The van der Waals surface area contributed by atoms with Crippen LogP contribution in [0.1, 0.15) is 18.5 Å². The monoisotopic (exact) mass is 479 g/mol. The minimum absolute atomic E-state index is 0.200. The van der Waals surface area contributed by atoms with Crippen LogP contribution in [0.25, 0.3) is 0 Å². The molecule has 0 saturated carbocycles. The van der Waals surface area contributed by atoms with Crippen LogP contribution in [0.4, 0.5) is 11.4 Å². The Labute approximate surface area is 202 Å². The van der Waals surface area contributed by atoms with Crippen molar-refractivity contribution in [2.45, 2.75) is 18.7 Å². The maximum absolute atomic E-state index is 13.8. The summed E-state index contributed by atoms with van der Waals surface area (Å²) in [5.74, 6) is 0.534. The topological polar surface area (TPSA) is 62.8 Å². The zero-order valence-corrected chi connectivity index (χ0v) is 19.6. The third-order valence-electron chi connectivity index (χ3n) is 6.11. The Morgan fingerprint density at radius 1 is 1.15 bits per heavy atom. The van der Waals surface area contributed by atoms with Crippen molar-refractivity contribution in [3.05, 3.63) is 83.4 Å². The van der Waals surface area contributed by atoms with Gasteiger partial charge in [0, 0.05) is 22.0 Å². The van der Waals surface area contributed by atoms with Crippen LogP contribution >= 0.6 is 23.8 Å². The summed E-state index contributed by atoms with van der Waals surface area (Å²) in [6, 6.07) is 21.9. The molecular formula is C25H22ClN3O3S. The van der Waals surface area contributed by atoms with Gasteiger partial charge >= 0.3 is 0 Å². The number of methoxy groups -OCH3 is 1. The van der Waals surface area contributed by atoms with Gasteiger partial charge in [-0.25, -0.2) is 0 Å². The number of halogens is 1. The number of carbonyl (C=O) groups is 1. The number of amides is 1. The number of fused-ring (bicyclic) bond motifs is 4. The molecule has 2 N–H and O–H groups in total. The Kier molecular flexibility index (Phi) is 5.38. The van der Waals surface area contributed by atoms with Crippen molar-refractivity contribution in [1.82, 2.24) is 5.32 Å². The molecular weight excluding hydrogens is 458 g/mol. The lowest BCUT2D eigenvalue weighted by Crippen LogP contribution is -2.72. The van der Waals surface area contributed by atoms with Gasteiger partial charge in [-0.05, 0) is 73.7 Å². The first-order valence-corrected chi connectivity index (χ1v) is 11.3. The smallest absolute Gasteiger partial charge is 0.236 e. The highest BCUT2D eigenvalue weighted by Crippen LogP contribution is 2.50. The number of anilines is 2. The van der Waals surface area contributed by atoms with Crippen LogP contribution in [-0.2, 0) is 4.79 Å². The number of para-hydroxylation sites is 1. The van der Waals surface area contributed by atoms with Crippen LogP contribution in [0.3, 0.4) is 0 Å². The van der Waals surface area contributed by atoms with Gasteiger partial charge in [-0.3, -0.25) is 9.69 Å². The Balaban J connectivity index is 1.59. The Hall–Kier alpha value is -3.29. The third kappa shape index (κ3) is 3.67. The van der Waals surface area contributed by atoms with E-state index in [2.05, 4.69) is 10.6 Å². The van der Waals surface area contributed by atoms with Gasteiger partial charge in [-0.15, -0.1) is 0 Å². The first-order chi connectivity index (χ1) is 15.9. The highest BCUT2D eigenvalue weighted by atomic mass is 35.5. The molecule has 2 aliphatic heterocycles. The molecule has 0 spiro atoms. The van der Waals surface area contributed by atoms with Gasteiger partial charge in [0.2, 0.25) is 5.91 Å². The van der Waals surface area contributed by atoms with Gasteiger partial charge in [-0.2, -0.15) is 0 Å². The lowest BCUT2D eigenvalue weighted by atomic mass is 9.78. The summed E-state index contributed by atoms with van der Waals surface area (Å²) < 4.78 is 11.8. The maximum Gasteiger partial charge on any atom is 0.236 e. The second-order valence-electron chi connectivity index (χ2n) is 8.13. The molecule has 1 amide bonds. The zero-order valence-electron chi connectivity index (χ0n) is 18.0. The number of nitrogens with one attached hydrogen (secondary N) is 2. The van der Waals surface area contributed by atoms with Crippen LogP contribution < -0.4 is 25.0 Å². The van der Waals surface area contributed by atoms with E-state index in [-0.39, 0.29) is 5.91 Å². The van der Waals surface area contributed by atoms with Gasteiger partial charge in [0.1, 0.15) is 17.4 Å². The third-order valence-corrected chi connectivity index (χ3v) is 6.65. The summed E-state index contributed by atoms with van der Waals surface area (Å²) in [5.41, 5.74) is 1.21. The minimum Gasteiger partial charge on any atom is -0.497 e. The Bertz CT molecular complexity index is 1220. The average molecular weight is 480 g/mol. The Morgan fingerprint density at radius 2 is 1.88 bits per heavy atom. The normalized spacial score (nSPS) is 23.1. The van der Waals surface area contributed by atoms with E-state index in [4.69, 9.17) is 33.3 Å². The number of hydrogen-bond donors (Lipinski definition) is 2. The molecule has 3 aromatic carbocycles. The summed E-state index contributed by atoms with van der Waals surface area (Å²) in [6.45, 7) is 1.90. The van der Waals surface area contributed by atoms with E-state index in [1.165, 1.54) is 0 Å². The lowest BCUT2D eigenvalue weighted by Gasteiger charge is -2.56. The van der Waals surface area contributed by atoms with Crippen molar-refractivity contribution < 1.29 is 14.3 Å². The second kappa shape index (κ2) is 8.24. The van der Waals surface area contributed by atoms with E-state index in [0.717, 1.165) is 11.3 Å². The molecule has 168 valence electrons. The van der Waals surface area contributed by atoms with Gasteiger partial charge in [-0.1, -0.05) is 29.8 Å². The van der Waals surface area contributed by atoms with Gasteiger partial charge in [0.15, 0.2) is 10.8 Å². The maximum atomic E-state index is 13.8. The number of carbonyl (C=O) groups excluding carboxylic acids is 1. The first-order valence-electron chi connectivity index (χ1n) is 10.5. The second-order valence-corrected chi connectivity index (χ2v) is 8.96. The van der Waals surface area contributed by atoms with Crippen molar-refractivity contribution in [2.24, 2.45) is 5.92 Å². The van der Waals surface area contributed by atoms with Gasteiger partial charge in [0.25, 0.3) is 0 Å². The molecule has 6 nitrogen and oxygen atoms in total. The van der Waals surface area contributed by atoms with Crippen molar-refractivity contribution in [3.8, 4) is 11.5 Å². The molecule has 2 aliphatic rings. The van der Waals surface area contributed by atoms with Crippen LogP contribution in [0.15, 0.2) is 72.8 Å². The molecule has 0 radical (unpaired) electrons. The fourth-order valence-electron chi connectivity index (χ4n) is 4.61. The molecule has 1 fully saturated rings. The quantitative estimate of drug-likeness (QED) is 0.505. The van der Waals surface area contributed by atoms with Crippen LogP contribution in [-0.4, -0.2) is 23.9 Å². The first kappa shape index (κ1) is 21.6. The molecule has 3 aromatic rings. The highest BCUT2D eigenvalue weighted by Gasteiger charge is 2.59. The van der Waals surface area contributed by atoms with E-state index in [1.807, 2.05) is 54.3 Å². The van der Waals surface area contributed by atoms with E-state index in [1.54, 1.807) is 37.4 Å². The summed E-state index contributed by atoms with van der Waals surface area (Å²) >= 11 is 12.0. The van der Waals surface area contributed by atoms with Crippen LogP contribution in [0, 0.1) is 5.92 Å². The summed E-state index contributed by atoms with van der Waals surface area (Å²) in [6.07, 6.45) is 0. The summed E-state index contributed by atoms with van der Waals surface area (Å²) in [4.78, 5) is 15.6. The van der Waals surface area contributed by atoms with Crippen molar-refractivity contribution in [3.63, 3.8) is 0 Å². The molecule has 0 aliphatic carbocycles. The van der Waals surface area contributed by atoms with E-state index in [0.29, 0.717) is 27.3 Å². The fourth-order valence-corrected chi connectivity index (χ4v) is 5.21. The largest absolute Gasteiger partial charge is 0.497 e. The standard InChI is InChI=1S/C25H22ClN3O3S/c1-25-21(23(30)27-16-9-11-18(31-2)12-10-16)22(19-14-15(26)8-13-20(19)32-25)28-24(33)29(25)17-6-4-3-5-7-17/h3-14,21-22H,1-2H3,(H,27,30)(H,28,33). The number of nitrogens with zero attached hydrogens (tertiary/aromatic N) is 1. The molecule has 2 heterocycles. The average Bonchev–Trinajstić information content (AvgIpc) is 2.80. The minimum atomic E-state index is -1.08. The molecule has 0 aromatic heterocycles. The zero-order chi connectivity index (χ0) is 23.2. The fraction of sp³-hybridized carbons (Fsp3) is 0.200. The highest BCUT2D eigenvalue weighted by molar-refractivity contribution is 7.80. The molecule has 3 unspecified atom stereocenters. The number of thiocarbonyl (C=S) groups is 1. The van der Waals surface area contributed by atoms with E-state index < -0.39 is 17.7 Å². The molecule has 8 heteroatoms. The van der Waals surface area contributed by atoms with E-state index >= 15 is 0 Å². The number of ether oxygens (including phenoxy) is 2. The Morgan fingerprint density at radius 3 is 2.58 bits per heavy atom.